The number of amidine groups is 1. The molecule has 0 aromatic heterocycles. The lowest BCUT2D eigenvalue weighted by Crippen LogP contribution is -2.22. The predicted molar refractivity (Wildman–Crippen MR) is 59.7 cm³/mol. The van der Waals surface area contributed by atoms with Crippen LogP contribution < -0.4 is 5.73 Å². The number of benzene rings is 1. The Hall–Kier alpha value is -1.30. The molecule has 0 fully saturated rings. The van der Waals surface area contributed by atoms with Gasteiger partial charge in [-0.2, -0.15) is 0 Å². The molecule has 0 spiro atoms. The van der Waals surface area contributed by atoms with Gasteiger partial charge in [0, 0.05) is 16.6 Å². The van der Waals surface area contributed by atoms with Crippen LogP contribution in [0.2, 0.25) is 0 Å². The van der Waals surface area contributed by atoms with Crippen LogP contribution in [0.25, 0.3) is 0 Å². The lowest BCUT2D eigenvalue weighted by atomic mass is 10.2. The van der Waals surface area contributed by atoms with Crippen molar-refractivity contribution in [1.29, 1.82) is 0 Å². The highest BCUT2D eigenvalue weighted by atomic mass is 32.2. The van der Waals surface area contributed by atoms with E-state index in [0.29, 0.717) is 10.6 Å². The van der Waals surface area contributed by atoms with Crippen molar-refractivity contribution in [3.05, 3.63) is 29.8 Å². The molecule has 0 heterocycles. The summed E-state index contributed by atoms with van der Waals surface area (Å²) < 4.78 is 25.5. The Morgan fingerprint density at radius 3 is 2.75 bits per heavy atom. The van der Waals surface area contributed by atoms with Crippen LogP contribution in [0.1, 0.15) is 6.92 Å². The summed E-state index contributed by atoms with van der Waals surface area (Å²) in [6.07, 6.45) is 0. The van der Waals surface area contributed by atoms with E-state index in [1.165, 1.54) is 17.8 Å². The number of halogens is 2. The Morgan fingerprint density at radius 2 is 2.19 bits per heavy atom. The minimum atomic E-state index is -0.874. The summed E-state index contributed by atoms with van der Waals surface area (Å²) in [5.74, 6) is -1.23. The summed E-state index contributed by atoms with van der Waals surface area (Å²) in [6, 6.07) is 3.69. The lowest BCUT2D eigenvalue weighted by molar-refractivity contribution is 0.315. The molecular weight excluding hydrogens is 234 g/mol. The highest BCUT2D eigenvalue weighted by molar-refractivity contribution is 7.99. The van der Waals surface area contributed by atoms with Crippen molar-refractivity contribution >= 4 is 17.6 Å². The van der Waals surface area contributed by atoms with E-state index in [0.717, 1.165) is 12.1 Å². The summed E-state index contributed by atoms with van der Waals surface area (Å²) in [7, 11) is 0. The van der Waals surface area contributed by atoms with Crippen LogP contribution in [0.15, 0.2) is 28.3 Å². The van der Waals surface area contributed by atoms with Gasteiger partial charge in [-0.1, -0.05) is 12.1 Å². The predicted octanol–water partition coefficient (Wildman–Crippen LogP) is 2.44. The highest BCUT2D eigenvalue weighted by Crippen LogP contribution is 2.22. The molecule has 1 atom stereocenters. The number of hydrogen-bond donors (Lipinski definition) is 2. The zero-order valence-corrected chi connectivity index (χ0v) is 9.47. The van der Waals surface area contributed by atoms with Crippen molar-refractivity contribution in [2.24, 2.45) is 16.8 Å². The fraction of sp³-hybridized carbons (Fsp3) is 0.300. The number of thioether (sulfide) groups is 1. The quantitative estimate of drug-likeness (QED) is 0.282. The lowest BCUT2D eigenvalue weighted by Gasteiger charge is -2.08. The Balaban J connectivity index is 2.58. The SMILES string of the molecule is CC(CSc1ccc(F)c(F)c1)/C(N)=N/O. The Morgan fingerprint density at radius 1 is 1.50 bits per heavy atom. The molecule has 0 saturated heterocycles. The molecule has 0 amide bonds. The molecule has 1 aromatic carbocycles. The van der Waals surface area contributed by atoms with Gasteiger partial charge < -0.3 is 10.9 Å². The molecule has 0 bridgehead atoms. The number of hydrogen-bond acceptors (Lipinski definition) is 3. The third-order valence-electron chi connectivity index (χ3n) is 2.01. The molecule has 0 aliphatic rings. The second-order valence-corrected chi connectivity index (χ2v) is 4.41. The third-order valence-corrected chi connectivity index (χ3v) is 3.27. The Labute approximate surface area is 96.3 Å². The van der Waals surface area contributed by atoms with E-state index < -0.39 is 11.6 Å². The maximum absolute atomic E-state index is 12.9. The van der Waals surface area contributed by atoms with Gasteiger partial charge in [-0.25, -0.2) is 8.78 Å². The molecule has 0 aliphatic carbocycles. The van der Waals surface area contributed by atoms with Crippen LogP contribution in [-0.4, -0.2) is 16.8 Å². The molecule has 3 N–H and O–H groups in total. The van der Waals surface area contributed by atoms with E-state index in [4.69, 9.17) is 10.9 Å². The monoisotopic (exact) mass is 246 g/mol. The fourth-order valence-electron chi connectivity index (χ4n) is 0.972. The third kappa shape index (κ3) is 3.37. The number of rotatable bonds is 4. The van der Waals surface area contributed by atoms with Crippen molar-refractivity contribution in [2.75, 3.05) is 5.75 Å². The van der Waals surface area contributed by atoms with E-state index in [1.54, 1.807) is 6.92 Å². The zero-order valence-electron chi connectivity index (χ0n) is 8.65. The maximum atomic E-state index is 12.9. The molecule has 0 radical (unpaired) electrons. The van der Waals surface area contributed by atoms with Crippen molar-refractivity contribution in [1.82, 2.24) is 0 Å². The number of nitrogens with two attached hydrogens (primary N) is 1. The number of nitrogens with zero attached hydrogens (tertiary/aromatic N) is 1. The molecular formula is C10H12F2N2OS. The molecule has 0 saturated carbocycles. The summed E-state index contributed by atoms with van der Waals surface area (Å²) in [4.78, 5) is 0.608. The summed E-state index contributed by atoms with van der Waals surface area (Å²) in [5.41, 5.74) is 5.39. The second kappa shape index (κ2) is 5.69. The highest BCUT2D eigenvalue weighted by Gasteiger charge is 2.09. The first-order chi connectivity index (χ1) is 7.54. The first kappa shape index (κ1) is 12.8. The van der Waals surface area contributed by atoms with E-state index in [9.17, 15) is 8.78 Å². The van der Waals surface area contributed by atoms with Gasteiger partial charge in [0.2, 0.25) is 0 Å². The largest absolute Gasteiger partial charge is 0.409 e. The molecule has 1 rings (SSSR count). The minimum absolute atomic E-state index is 0.120. The first-order valence-electron chi connectivity index (χ1n) is 4.60. The first-order valence-corrected chi connectivity index (χ1v) is 5.58. The van der Waals surface area contributed by atoms with E-state index in [-0.39, 0.29) is 11.8 Å². The smallest absolute Gasteiger partial charge is 0.159 e. The second-order valence-electron chi connectivity index (χ2n) is 3.31. The molecule has 6 heteroatoms. The Kier molecular flexibility index (Phi) is 4.54. The van der Waals surface area contributed by atoms with Crippen LogP contribution in [-0.2, 0) is 0 Å². The van der Waals surface area contributed by atoms with Gasteiger partial charge in [0.1, 0.15) is 5.84 Å². The van der Waals surface area contributed by atoms with Gasteiger partial charge in [-0.05, 0) is 18.2 Å². The summed E-state index contributed by atoms with van der Waals surface area (Å²) in [5, 5.41) is 11.3. The molecule has 1 aromatic rings. The van der Waals surface area contributed by atoms with Gasteiger partial charge in [-0.15, -0.1) is 11.8 Å². The summed E-state index contributed by atoms with van der Waals surface area (Å²) >= 11 is 1.32. The topological polar surface area (TPSA) is 58.6 Å². The van der Waals surface area contributed by atoms with Crippen molar-refractivity contribution < 1.29 is 14.0 Å². The van der Waals surface area contributed by atoms with Gasteiger partial charge >= 0.3 is 0 Å². The van der Waals surface area contributed by atoms with Crippen LogP contribution in [0.4, 0.5) is 8.78 Å². The van der Waals surface area contributed by atoms with E-state index in [2.05, 4.69) is 5.16 Å². The minimum Gasteiger partial charge on any atom is -0.409 e. The average Bonchev–Trinajstić information content (AvgIpc) is 2.29. The summed E-state index contributed by atoms with van der Waals surface area (Å²) in [6.45, 7) is 1.78. The maximum Gasteiger partial charge on any atom is 0.159 e. The fourth-order valence-corrected chi connectivity index (χ4v) is 1.94. The zero-order chi connectivity index (χ0) is 12.1. The standard InChI is InChI=1S/C10H12F2N2OS/c1-6(10(13)14-15)5-16-7-2-3-8(11)9(12)4-7/h2-4,6,15H,5H2,1H3,(H2,13,14). The Bertz CT molecular complexity index is 398. The van der Waals surface area contributed by atoms with Crippen molar-refractivity contribution in [2.45, 2.75) is 11.8 Å². The van der Waals surface area contributed by atoms with Gasteiger partial charge in [0.05, 0.1) is 0 Å². The van der Waals surface area contributed by atoms with E-state index in [1.807, 2.05) is 0 Å². The van der Waals surface area contributed by atoms with Crippen molar-refractivity contribution in [3.8, 4) is 0 Å². The van der Waals surface area contributed by atoms with Gasteiger partial charge in [0.15, 0.2) is 11.6 Å². The van der Waals surface area contributed by atoms with Crippen LogP contribution in [0, 0.1) is 17.6 Å². The molecule has 1 unspecified atom stereocenters. The van der Waals surface area contributed by atoms with Crippen LogP contribution in [0.5, 0.6) is 0 Å². The van der Waals surface area contributed by atoms with Gasteiger partial charge in [-0.3, -0.25) is 0 Å². The van der Waals surface area contributed by atoms with Gasteiger partial charge in [0.25, 0.3) is 0 Å². The van der Waals surface area contributed by atoms with Crippen LogP contribution in [0.3, 0.4) is 0 Å². The van der Waals surface area contributed by atoms with Crippen molar-refractivity contribution in [3.63, 3.8) is 0 Å². The molecule has 88 valence electrons. The van der Waals surface area contributed by atoms with E-state index >= 15 is 0 Å². The normalized spacial score (nSPS) is 13.8. The van der Waals surface area contributed by atoms with Crippen LogP contribution >= 0.6 is 11.8 Å². The number of oxime groups is 1. The molecule has 3 nitrogen and oxygen atoms in total. The average molecular weight is 246 g/mol. The molecule has 0 aliphatic heterocycles. The molecule has 16 heavy (non-hydrogen) atoms.